The molecule has 1 fully saturated rings. The third-order valence-electron chi connectivity index (χ3n) is 6.30. The molecule has 1 atom stereocenters. The predicted octanol–water partition coefficient (Wildman–Crippen LogP) is 3.40. The second-order valence-corrected chi connectivity index (χ2v) is 8.54. The van der Waals surface area contributed by atoms with Gasteiger partial charge in [-0.15, -0.1) is 0 Å². The number of piperazine rings is 1. The fraction of sp³-hybridized carbons (Fsp3) is 0.480. The molecule has 1 aliphatic carbocycles. The molecule has 2 aromatic rings. The SMILES string of the molecule is C[C@H](Oc1cccc2c1CCCC2)C(=O)NCc1ccc(N2CCN(C)CC2)cc1. The molecule has 30 heavy (non-hydrogen) atoms. The molecule has 1 N–H and O–H groups in total. The summed E-state index contributed by atoms with van der Waals surface area (Å²) < 4.78 is 6.05. The zero-order valence-corrected chi connectivity index (χ0v) is 18.2. The van der Waals surface area contributed by atoms with Gasteiger partial charge in [-0.05, 0) is 74.5 Å². The molecule has 1 amide bonds. The van der Waals surface area contributed by atoms with Crippen molar-refractivity contribution in [3.05, 3.63) is 59.2 Å². The van der Waals surface area contributed by atoms with Gasteiger partial charge in [0.25, 0.3) is 5.91 Å². The minimum atomic E-state index is -0.511. The third-order valence-corrected chi connectivity index (χ3v) is 6.30. The van der Waals surface area contributed by atoms with Crippen LogP contribution in [0.25, 0.3) is 0 Å². The third kappa shape index (κ3) is 4.96. The first-order valence-electron chi connectivity index (χ1n) is 11.2. The number of anilines is 1. The summed E-state index contributed by atoms with van der Waals surface area (Å²) in [6.45, 7) is 6.66. The number of ether oxygens (including phenoxy) is 1. The van der Waals surface area contributed by atoms with Crippen molar-refractivity contribution >= 4 is 11.6 Å². The second kappa shape index (κ2) is 9.52. The highest BCUT2D eigenvalue weighted by Gasteiger charge is 2.19. The normalized spacial score (nSPS) is 17.9. The Kier molecular flexibility index (Phi) is 6.58. The lowest BCUT2D eigenvalue weighted by Crippen LogP contribution is -2.44. The van der Waals surface area contributed by atoms with E-state index >= 15 is 0 Å². The van der Waals surface area contributed by atoms with Gasteiger partial charge in [-0.1, -0.05) is 24.3 Å². The summed E-state index contributed by atoms with van der Waals surface area (Å²) in [6, 6.07) is 14.7. The minimum absolute atomic E-state index is 0.0773. The molecule has 0 spiro atoms. The molecule has 0 unspecified atom stereocenters. The molecule has 0 aromatic heterocycles. The van der Waals surface area contributed by atoms with Crippen LogP contribution in [0.1, 0.15) is 36.5 Å². The number of nitrogens with zero attached hydrogens (tertiary/aromatic N) is 2. The van der Waals surface area contributed by atoms with Crippen molar-refractivity contribution < 1.29 is 9.53 Å². The van der Waals surface area contributed by atoms with Crippen LogP contribution in [0.5, 0.6) is 5.75 Å². The van der Waals surface area contributed by atoms with Crippen LogP contribution in [-0.2, 0) is 24.2 Å². The van der Waals surface area contributed by atoms with E-state index in [1.165, 1.54) is 29.7 Å². The van der Waals surface area contributed by atoms with E-state index in [1.807, 2.05) is 19.1 Å². The Morgan fingerprint density at radius 1 is 1.03 bits per heavy atom. The number of amides is 1. The molecular weight excluding hydrogens is 374 g/mol. The monoisotopic (exact) mass is 407 g/mol. The van der Waals surface area contributed by atoms with E-state index < -0.39 is 6.10 Å². The van der Waals surface area contributed by atoms with Gasteiger partial charge in [0.1, 0.15) is 5.75 Å². The van der Waals surface area contributed by atoms with Crippen molar-refractivity contribution in [1.82, 2.24) is 10.2 Å². The van der Waals surface area contributed by atoms with Crippen LogP contribution in [0.3, 0.4) is 0 Å². The van der Waals surface area contributed by atoms with E-state index in [2.05, 4.69) is 52.5 Å². The Morgan fingerprint density at radius 2 is 1.77 bits per heavy atom. The fourth-order valence-electron chi connectivity index (χ4n) is 4.32. The van der Waals surface area contributed by atoms with E-state index in [1.54, 1.807) is 0 Å². The maximum absolute atomic E-state index is 12.6. The highest BCUT2D eigenvalue weighted by atomic mass is 16.5. The number of nitrogens with one attached hydrogen (secondary N) is 1. The number of carbonyl (C=O) groups is 1. The van der Waals surface area contributed by atoms with Gasteiger partial charge in [-0.2, -0.15) is 0 Å². The Bertz CT molecular complexity index is 857. The summed E-state index contributed by atoms with van der Waals surface area (Å²) in [7, 11) is 2.17. The lowest BCUT2D eigenvalue weighted by atomic mass is 9.91. The average molecular weight is 408 g/mol. The Balaban J connectivity index is 1.29. The van der Waals surface area contributed by atoms with Crippen LogP contribution >= 0.6 is 0 Å². The first-order chi connectivity index (χ1) is 14.6. The highest BCUT2D eigenvalue weighted by molar-refractivity contribution is 5.80. The van der Waals surface area contributed by atoms with Gasteiger partial charge in [0.15, 0.2) is 6.10 Å². The Morgan fingerprint density at radius 3 is 2.53 bits per heavy atom. The lowest BCUT2D eigenvalue weighted by Gasteiger charge is -2.34. The van der Waals surface area contributed by atoms with Crippen molar-refractivity contribution in [1.29, 1.82) is 0 Å². The molecule has 2 aromatic carbocycles. The van der Waals surface area contributed by atoms with Crippen molar-refractivity contribution in [2.24, 2.45) is 0 Å². The van der Waals surface area contributed by atoms with Gasteiger partial charge < -0.3 is 19.9 Å². The topological polar surface area (TPSA) is 44.8 Å². The summed E-state index contributed by atoms with van der Waals surface area (Å²) in [4.78, 5) is 17.4. The number of benzene rings is 2. The summed E-state index contributed by atoms with van der Waals surface area (Å²) in [5.41, 5.74) is 5.00. The minimum Gasteiger partial charge on any atom is -0.481 e. The smallest absolute Gasteiger partial charge is 0.261 e. The number of aryl methyl sites for hydroxylation is 1. The maximum Gasteiger partial charge on any atom is 0.261 e. The molecule has 1 heterocycles. The number of fused-ring (bicyclic) bond motifs is 1. The lowest BCUT2D eigenvalue weighted by molar-refractivity contribution is -0.127. The Labute approximate surface area is 180 Å². The van der Waals surface area contributed by atoms with Crippen LogP contribution in [0.4, 0.5) is 5.69 Å². The van der Waals surface area contributed by atoms with Gasteiger partial charge in [-0.3, -0.25) is 4.79 Å². The van der Waals surface area contributed by atoms with Gasteiger partial charge in [-0.25, -0.2) is 0 Å². The van der Waals surface area contributed by atoms with E-state index in [-0.39, 0.29) is 5.91 Å². The summed E-state index contributed by atoms with van der Waals surface area (Å²) in [5, 5.41) is 3.02. The molecular formula is C25H33N3O2. The highest BCUT2D eigenvalue weighted by Crippen LogP contribution is 2.30. The second-order valence-electron chi connectivity index (χ2n) is 8.54. The van der Waals surface area contributed by atoms with Crippen LogP contribution in [0, 0.1) is 0 Å². The number of hydrogen-bond donors (Lipinski definition) is 1. The van der Waals surface area contributed by atoms with E-state index in [4.69, 9.17) is 4.74 Å². The molecule has 1 saturated heterocycles. The predicted molar refractivity (Wildman–Crippen MR) is 121 cm³/mol. The fourth-order valence-corrected chi connectivity index (χ4v) is 4.32. The van der Waals surface area contributed by atoms with Crippen molar-refractivity contribution in [2.45, 2.75) is 45.3 Å². The van der Waals surface area contributed by atoms with Crippen LogP contribution in [-0.4, -0.2) is 50.1 Å². The molecule has 1 aliphatic heterocycles. The largest absolute Gasteiger partial charge is 0.481 e. The van der Waals surface area contributed by atoms with Gasteiger partial charge in [0.2, 0.25) is 0 Å². The molecule has 5 nitrogen and oxygen atoms in total. The molecule has 5 heteroatoms. The van der Waals surface area contributed by atoms with Gasteiger partial charge >= 0.3 is 0 Å². The van der Waals surface area contributed by atoms with Gasteiger partial charge in [0, 0.05) is 38.4 Å². The van der Waals surface area contributed by atoms with Crippen LogP contribution in [0.15, 0.2) is 42.5 Å². The van der Waals surface area contributed by atoms with E-state index in [0.29, 0.717) is 6.54 Å². The molecule has 0 radical (unpaired) electrons. The number of hydrogen-bond acceptors (Lipinski definition) is 4. The zero-order valence-electron chi connectivity index (χ0n) is 18.2. The number of likely N-dealkylation sites (N-methyl/N-ethyl adjacent to an activating group) is 1. The van der Waals surface area contributed by atoms with E-state index in [0.717, 1.165) is 50.3 Å². The zero-order chi connectivity index (χ0) is 20.9. The average Bonchev–Trinajstić information content (AvgIpc) is 2.78. The maximum atomic E-state index is 12.6. The summed E-state index contributed by atoms with van der Waals surface area (Å²) >= 11 is 0. The van der Waals surface area contributed by atoms with Crippen molar-refractivity contribution in [2.75, 3.05) is 38.1 Å². The molecule has 4 rings (SSSR count). The van der Waals surface area contributed by atoms with Crippen LogP contribution < -0.4 is 15.0 Å². The van der Waals surface area contributed by atoms with Crippen molar-refractivity contribution in [3.8, 4) is 5.75 Å². The molecule has 2 aliphatic rings. The first-order valence-corrected chi connectivity index (χ1v) is 11.2. The molecule has 160 valence electrons. The molecule has 0 saturated carbocycles. The quantitative estimate of drug-likeness (QED) is 0.797. The van der Waals surface area contributed by atoms with Crippen molar-refractivity contribution in [3.63, 3.8) is 0 Å². The number of rotatable bonds is 6. The molecule has 0 bridgehead atoms. The van der Waals surface area contributed by atoms with Gasteiger partial charge in [0.05, 0.1) is 0 Å². The Hall–Kier alpha value is -2.53. The first kappa shape index (κ1) is 20.7. The summed E-state index contributed by atoms with van der Waals surface area (Å²) in [5.74, 6) is 0.790. The van der Waals surface area contributed by atoms with Crippen LogP contribution in [0.2, 0.25) is 0 Å². The van der Waals surface area contributed by atoms with E-state index in [9.17, 15) is 4.79 Å². The number of carbonyl (C=O) groups excluding carboxylic acids is 1. The summed E-state index contributed by atoms with van der Waals surface area (Å²) in [6.07, 6.45) is 4.07. The standard InChI is InChI=1S/C25H33N3O2/c1-19(30-24-9-5-7-21-6-3-4-8-23(21)24)25(29)26-18-20-10-12-22(13-11-20)28-16-14-27(2)15-17-28/h5,7,9-13,19H,3-4,6,8,14-18H2,1-2H3,(H,26,29)/t19-/m0/s1.